The van der Waals surface area contributed by atoms with Crippen molar-refractivity contribution in [3.8, 4) is 5.75 Å². The van der Waals surface area contributed by atoms with Crippen LogP contribution in [0.25, 0.3) is 0 Å². The first kappa shape index (κ1) is 17.4. The number of nitrogens with one attached hydrogen (secondary N) is 2. The van der Waals surface area contributed by atoms with Crippen LogP contribution in [-0.4, -0.2) is 17.9 Å². The molecule has 0 bridgehead atoms. The summed E-state index contributed by atoms with van der Waals surface area (Å²) in [6.07, 6.45) is -1.12. The summed E-state index contributed by atoms with van der Waals surface area (Å²) in [5, 5.41) is 0. The number of halogens is 2. The van der Waals surface area contributed by atoms with Crippen LogP contribution in [0.1, 0.15) is 12.5 Å². The molecule has 5 nitrogen and oxygen atoms in total. The largest absolute Gasteiger partial charge is 0.481 e. The number of amides is 2. The van der Waals surface area contributed by atoms with Crippen molar-refractivity contribution < 1.29 is 23.1 Å². The fraction of sp³-hybridized carbons (Fsp3) is 0.176. The Morgan fingerprint density at radius 1 is 1.04 bits per heavy atom. The van der Waals surface area contributed by atoms with Gasteiger partial charge in [0.05, 0.1) is 6.42 Å². The van der Waals surface area contributed by atoms with Crippen LogP contribution in [0.4, 0.5) is 8.78 Å². The van der Waals surface area contributed by atoms with E-state index in [4.69, 9.17) is 4.74 Å². The number of hydrogen-bond acceptors (Lipinski definition) is 3. The molecular weight excluding hydrogens is 318 g/mol. The van der Waals surface area contributed by atoms with E-state index in [1.165, 1.54) is 49.4 Å². The zero-order valence-electron chi connectivity index (χ0n) is 12.9. The van der Waals surface area contributed by atoms with E-state index in [1.54, 1.807) is 6.07 Å². The second kappa shape index (κ2) is 8.05. The lowest BCUT2D eigenvalue weighted by Crippen LogP contribution is -2.47. The molecule has 0 aromatic heterocycles. The minimum absolute atomic E-state index is 0.208. The molecule has 0 spiro atoms. The van der Waals surface area contributed by atoms with E-state index in [0.717, 1.165) is 0 Å². The molecule has 0 aliphatic carbocycles. The van der Waals surface area contributed by atoms with Gasteiger partial charge in [-0.15, -0.1) is 0 Å². The molecule has 0 unspecified atom stereocenters. The van der Waals surface area contributed by atoms with E-state index >= 15 is 0 Å². The minimum Gasteiger partial charge on any atom is -0.481 e. The predicted molar refractivity (Wildman–Crippen MR) is 82.9 cm³/mol. The molecule has 0 saturated carbocycles. The summed E-state index contributed by atoms with van der Waals surface area (Å²) in [6, 6.07) is 11.0. The molecule has 0 radical (unpaired) electrons. The maximum Gasteiger partial charge on any atom is 0.279 e. The SMILES string of the molecule is C[C@@H](Oc1ccc(F)cc1)C(=O)NNC(=O)Cc1ccccc1F. The fourth-order valence-electron chi connectivity index (χ4n) is 1.86. The number of benzene rings is 2. The van der Waals surface area contributed by atoms with Crippen LogP contribution in [0.5, 0.6) is 5.75 Å². The maximum absolute atomic E-state index is 13.4. The van der Waals surface area contributed by atoms with Gasteiger partial charge < -0.3 is 4.74 Å². The standard InChI is InChI=1S/C17H16F2N2O3/c1-11(24-14-8-6-13(18)7-9-14)17(23)21-20-16(22)10-12-4-2-3-5-15(12)19/h2-9,11H,10H2,1H3,(H,20,22)(H,21,23)/t11-/m1/s1. The molecule has 2 amide bonds. The van der Waals surface area contributed by atoms with Gasteiger partial charge in [-0.1, -0.05) is 18.2 Å². The van der Waals surface area contributed by atoms with Gasteiger partial charge in [0.2, 0.25) is 5.91 Å². The Morgan fingerprint density at radius 3 is 2.38 bits per heavy atom. The van der Waals surface area contributed by atoms with Crippen LogP contribution in [0.3, 0.4) is 0 Å². The number of ether oxygens (including phenoxy) is 1. The number of carbonyl (C=O) groups excluding carboxylic acids is 2. The van der Waals surface area contributed by atoms with E-state index in [-0.39, 0.29) is 12.0 Å². The maximum atomic E-state index is 13.4. The summed E-state index contributed by atoms with van der Waals surface area (Å²) in [5.41, 5.74) is 4.60. The molecule has 24 heavy (non-hydrogen) atoms. The van der Waals surface area contributed by atoms with Crippen molar-refractivity contribution in [3.05, 3.63) is 65.7 Å². The van der Waals surface area contributed by atoms with E-state index in [9.17, 15) is 18.4 Å². The Morgan fingerprint density at radius 2 is 1.71 bits per heavy atom. The van der Waals surface area contributed by atoms with Crippen molar-refractivity contribution in [3.63, 3.8) is 0 Å². The molecule has 126 valence electrons. The molecule has 0 heterocycles. The topological polar surface area (TPSA) is 67.4 Å². The lowest BCUT2D eigenvalue weighted by molar-refractivity contribution is -0.132. The first-order valence-electron chi connectivity index (χ1n) is 7.20. The molecular formula is C17H16F2N2O3. The Bertz CT molecular complexity index is 720. The number of carbonyl (C=O) groups is 2. The summed E-state index contributed by atoms with van der Waals surface area (Å²) >= 11 is 0. The summed E-state index contributed by atoms with van der Waals surface area (Å²) in [4.78, 5) is 23.6. The average Bonchev–Trinajstić information content (AvgIpc) is 2.57. The molecule has 0 saturated heterocycles. The number of rotatable bonds is 5. The summed E-state index contributed by atoms with van der Waals surface area (Å²) in [5.74, 6) is -1.76. The zero-order valence-corrected chi connectivity index (χ0v) is 12.9. The van der Waals surface area contributed by atoms with Crippen LogP contribution in [0.15, 0.2) is 48.5 Å². The lowest BCUT2D eigenvalue weighted by Gasteiger charge is -2.15. The van der Waals surface area contributed by atoms with Gasteiger partial charge >= 0.3 is 0 Å². The Labute approximate surface area is 137 Å². The highest BCUT2D eigenvalue weighted by atomic mass is 19.1. The minimum atomic E-state index is -0.913. The summed E-state index contributed by atoms with van der Waals surface area (Å²) in [6.45, 7) is 1.47. The van der Waals surface area contributed by atoms with Crippen LogP contribution in [0.2, 0.25) is 0 Å². The Kier molecular flexibility index (Phi) is 5.83. The van der Waals surface area contributed by atoms with E-state index in [0.29, 0.717) is 5.75 Å². The molecule has 0 aliphatic rings. The molecule has 2 N–H and O–H groups in total. The summed E-state index contributed by atoms with van der Waals surface area (Å²) < 4.78 is 31.5. The first-order chi connectivity index (χ1) is 11.5. The Hall–Kier alpha value is -2.96. The third-order valence-corrected chi connectivity index (χ3v) is 3.13. The molecule has 2 aromatic carbocycles. The van der Waals surface area contributed by atoms with E-state index in [2.05, 4.69) is 10.9 Å². The summed E-state index contributed by atoms with van der Waals surface area (Å²) in [7, 11) is 0. The average molecular weight is 334 g/mol. The highest BCUT2D eigenvalue weighted by Crippen LogP contribution is 2.13. The van der Waals surface area contributed by atoms with Gasteiger partial charge in [0.25, 0.3) is 5.91 Å². The van der Waals surface area contributed by atoms with Crippen molar-refractivity contribution in [2.75, 3.05) is 0 Å². The van der Waals surface area contributed by atoms with Gasteiger partial charge in [0.1, 0.15) is 17.4 Å². The predicted octanol–water partition coefficient (Wildman–Crippen LogP) is 2.12. The van der Waals surface area contributed by atoms with Crippen molar-refractivity contribution >= 4 is 11.8 Å². The monoisotopic (exact) mass is 334 g/mol. The van der Waals surface area contributed by atoms with Crippen LogP contribution < -0.4 is 15.6 Å². The third-order valence-electron chi connectivity index (χ3n) is 3.13. The second-order valence-corrected chi connectivity index (χ2v) is 5.02. The van der Waals surface area contributed by atoms with Crippen LogP contribution >= 0.6 is 0 Å². The highest BCUT2D eigenvalue weighted by Gasteiger charge is 2.16. The zero-order chi connectivity index (χ0) is 17.5. The quantitative estimate of drug-likeness (QED) is 0.823. The molecule has 1 atom stereocenters. The number of hydrogen-bond donors (Lipinski definition) is 2. The number of hydrazine groups is 1. The lowest BCUT2D eigenvalue weighted by atomic mass is 10.1. The molecule has 0 fully saturated rings. The van der Waals surface area contributed by atoms with Gasteiger partial charge in [-0.2, -0.15) is 0 Å². The fourth-order valence-corrected chi connectivity index (χ4v) is 1.86. The van der Waals surface area contributed by atoms with Crippen LogP contribution in [-0.2, 0) is 16.0 Å². The van der Waals surface area contributed by atoms with Crippen molar-refractivity contribution in [1.29, 1.82) is 0 Å². The van der Waals surface area contributed by atoms with Gasteiger partial charge in [-0.25, -0.2) is 8.78 Å². The van der Waals surface area contributed by atoms with Gasteiger partial charge in [0.15, 0.2) is 6.10 Å². The Balaban J connectivity index is 1.80. The highest BCUT2D eigenvalue weighted by molar-refractivity contribution is 5.85. The van der Waals surface area contributed by atoms with Crippen molar-refractivity contribution in [1.82, 2.24) is 10.9 Å². The molecule has 2 rings (SSSR count). The second-order valence-electron chi connectivity index (χ2n) is 5.02. The first-order valence-corrected chi connectivity index (χ1v) is 7.20. The molecule has 7 heteroatoms. The smallest absolute Gasteiger partial charge is 0.279 e. The third kappa shape index (κ3) is 5.05. The normalized spacial score (nSPS) is 11.5. The van der Waals surface area contributed by atoms with E-state index in [1.807, 2.05) is 0 Å². The van der Waals surface area contributed by atoms with Gasteiger partial charge in [-0.05, 0) is 42.8 Å². The van der Waals surface area contributed by atoms with Gasteiger partial charge in [-0.3, -0.25) is 20.4 Å². The van der Waals surface area contributed by atoms with Crippen molar-refractivity contribution in [2.24, 2.45) is 0 Å². The van der Waals surface area contributed by atoms with Crippen LogP contribution in [0, 0.1) is 11.6 Å². The van der Waals surface area contributed by atoms with E-state index < -0.39 is 29.6 Å². The molecule has 0 aliphatic heterocycles. The van der Waals surface area contributed by atoms with Gasteiger partial charge in [0, 0.05) is 0 Å². The molecule has 2 aromatic rings. The van der Waals surface area contributed by atoms with Crippen molar-refractivity contribution in [2.45, 2.75) is 19.4 Å².